The molecule has 1 aliphatic heterocycles. The lowest BCUT2D eigenvalue weighted by atomic mass is 9.94. The largest absolute Gasteiger partial charge is 0.481 e. The summed E-state index contributed by atoms with van der Waals surface area (Å²) in [5, 5.41) is 0. The predicted molar refractivity (Wildman–Crippen MR) is 81.1 cm³/mol. The molecule has 1 aromatic rings. The van der Waals surface area contributed by atoms with Gasteiger partial charge in [0.05, 0.1) is 7.11 Å². The van der Waals surface area contributed by atoms with Crippen molar-refractivity contribution in [3.05, 3.63) is 23.9 Å². The molecular formula is C14H23N3O3S. The van der Waals surface area contributed by atoms with Crippen LogP contribution in [0.2, 0.25) is 0 Å². The van der Waals surface area contributed by atoms with E-state index in [-0.39, 0.29) is 6.54 Å². The van der Waals surface area contributed by atoms with Crippen LogP contribution < -0.4 is 9.46 Å². The fourth-order valence-corrected chi connectivity index (χ4v) is 4.14. The summed E-state index contributed by atoms with van der Waals surface area (Å²) in [5.41, 5.74) is 0.803. The van der Waals surface area contributed by atoms with Crippen molar-refractivity contribution in [3.8, 4) is 5.88 Å². The van der Waals surface area contributed by atoms with Gasteiger partial charge in [-0.1, -0.05) is 19.9 Å². The lowest BCUT2D eigenvalue weighted by Crippen LogP contribution is -2.47. The Labute approximate surface area is 126 Å². The highest BCUT2D eigenvalue weighted by Crippen LogP contribution is 2.22. The molecule has 2 atom stereocenters. The minimum atomic E-state index is -3.44. The predicted octanol–water partition coefficient (Wildman–Crippen LogP) is 1.40. The zero-order valence-electron chi connectivity index (χ0n) is 12.7. The Kier molecular flexibility index (Phi) is 5.18. The van der Waals surface area contributed by atoms with Crippen LogP contribution in [-0.4, -0.2) is 37.9 Å². The van der Waals surface area contributed by atoms with Gasteiger partial charge in [-0.25, -0.2) is 4.98 Å². The minimum absolute atomic E-state index is 0.235. The van der Waals surface area contributed by atoms with Gasteiger partial charge in [0.1, 0.15) is 0 Å². The maximum Gasteiger partial charge on any atom is 0.279 e. The van der Waals surface area contributed by atoms with Crippen LogP contribution in [0.5, 0.6) is 5.88 Å². The third-order valence-electron chi connectivity index (χ3n) is 3.64. The molecule has 1 fully saturated rings. The van der Waals surface area contributed by atoms with E-state index in [1.54, 1.807) is 29.7 Å². The lowest BCUT2D eigenvalue weighted by Gasteiger charge is -2.33. The van der Waals surface area contributed by atoms with Crippen LogP contribution in [0.4, 0.5) is 0 Å². The molecular weight excluding hydrogens is 290 g/mol. The van der Waals surface area contributed by atoms with Crippen molar-refractivity contribution in [1.29, 1.82) is 0 Å². The van der Waals surface area contributed by atoms with E-state index in [0.29, 0.717) is 30.8 Å². The van der Waals surface area contributed by atoms with Gasteiger partial charge in [-0.2, -0.15) is 17.4 Å². The van der Waals surface area contributed by atoms with Crippen LogP contribution in [0.1, 0.15) is 25.8 Å². The number of ether oxygens (including phenoxy) is 1. The van der Waals surface area contributed by atoms with Crippen molar-refractivity contribution in [3.63, 3.8) is 0 Å². The number of hydrogen-bond donors (Lipinski definition) is 1. The maximum absolute atomic E-state index is 12.3. The first kappa shape index (κ1) is 16.2. The highest BCUT2D eigenvalue weighted by atomic mass is 32.2. The van der Waals surface area contributed by atoms with E-state index in [0.717, 1.165) is 12.0 Å². The first-order valence-corrected chi connectivity index (χ1v) is 8.58. The summed E-state index contributed by atoms with van der Waals surface area (Å²) in [6.07, 6.45) is 2.69. The average Bonchev–Trinajstić information content (AvgIpc) is 2.45. The molecule has 0 spiro atoms. The smallest absolute Gasteiger partial charge is 0.279 e. The summed E-state index contributed by atoms with van der Waals surface area (Å²) in [6, 6.07) is 3.52. The quantitative estimate of drug-likeness (QED) is 0.892. The standard InChI is InChI=1S/C14H23N3O3S/c1-11-6-12(2)10-17(9-11)21(18,19)16-8-13-4-5-14(20-3)15-7-13/h4-5,7,11-12,16H,6,8-10H2,1-3H3. The van der Waals surface area contributed by atoms with Gasteiger partial charge in [0.25, 0.3) is 10.2 Å². The second-order valence-corrected chi connectivity index (χ2v) is 7.55. The third-order valence-corrected chi connectivity index (χ3v) is 5.13. The number of nitrogens with zero attached hydrogens (tertiary/aromatic N) is 2. The van der Waals surface area contributed by atoms with Crippen LogP contribution in [0.3, 0.4) is 0 Å². The highest BCUT2D eigenvalue weighted by molar-refractivity contribution is 7.87. The van der Waals surface area contributed by atoms with Gasteiger partial charge in [-0.05, 0) is 23.8 Å². The van der Waals surface area contributed by atoms with Gasteiger partial charge < -0.3 is 4.74 Å². The summed E-state index contributed by atoms with van der Waals surface area (Å²) in [7, 11) is -1.89. The van der Waals surface area contributed by atoms with Crippen molar-refractivity contribution in [1.82, 2.24) is 14.0 Å². The van der Waals surface area contributed by atoms with Crippen molar-refractivity contribution in [2.75, 3.05) is 20.2 Å². The molecule has 21 heavy (non-hydrogen) atoms. The molecule has 118 valence electrons. The fourth-order valence-electron chi connectivity index (χ4n) is 2.70. The first-order chi connectivity index (χ1) is 9.90. The van der Waals surface area contributed by atoms with Gasteiger partial charge in [0.2, 0.25) is 5.88 Å². The lowest BCUT2D eigenvalue weighted by molar-refractivity contribution is 0.220. The number of piperidine rings is 1. The summed E-state index contributed by atoms with van der Waals surface area (Å²) in [4.78, 5) is 4.06. The molecule has 6 nitrogen and oxygen atoms in total. The average molecular weight is 313 g/mol. The van der Waals surface area contributed by atoms with Crippen molar-refractivity contribution >= 4 is 10.2 Å². The van der Waals surface area contributed by atoms with Gasteiger partial charge in [0.15, 0.2) is 0 Å². The van der Waals surface area contributed by atoms with Crippen molar-refractivity contribution in [2.24, 2.45) is 11.8 Å². The zero-order valence-corrected chi connectivity index (χ0v) is 13.6. The van der Waals surface area contributed by atoms with Crippen LogP contribution >= 0.6 is 0 Å². The Bertz CT molecular complexity index is 549. The Morgan fingerprint density at radius 2 is 2.00 bits per heavy atom. The molecule has 0 saturated carbocycles. The molecule has 1 aromatic heterocycles. The van der Waals surface area contributed by atoms with Gasteiger partial charge in [-0.15, -0.1) is 0 Å². The molecule has 0 aliphatic carbocycles. The number of aromatic nitrogens is 1. The topological polar surface area (TPSA) is 71.5 Å². The molecule has 1 aliphatic rings. The third kappa shape index (κ3) is 4.39. The molecule has 2 unspecified atom stereocenters. The number of hydrogen-bond acceptors (Lipinski definition) is 4. The number of methoxy groups -OCH3 is 1. The maximum atomic E-state index is 12.3. The van der Waals surface area contributed by atoms with E-state index in [4.69, 9.17) is 4.74 Å². The molecule has 0 aromatic carbocycles. The molecule has 1 N–H and O–H groups in total. The molecule has 7 heteroatoms. The van der Waals surface area contributed by atoms with E-state index in [2.05, 4.69) is 23.6 Å². The normalized spacial score (nSPS) is 24.0. The van der Waals surface area contributed by atoms with Crippen LogP contribution in [0.25, 0.3) is 0 Å². The summed E-state index contributed by atoms with van der Waals surface area (Å²) >= 11 is 0. The minimum Gasteiger partial charge on any atom is -0.481 e. The number of rotatable bonds is 5. The molecule has 0 amide bonds. The summed E-state index contributed by atoms with van der Waals surface area (Å²) in [6.45, 7) is 5.58. The molecule has 1 saturated heterocycles. The van der Waals surface area contributed by atoms with E-state index in [1.165, 1.54) is 0 Å². The van der Waals surface area contributed by atoms with Crippen LogP contribution in [0.15, 0.2) is 18.3 Å². The monoisotopic (exact) mass is 313 g/mol. The Hall–Kier alpha value is -1.18. The Morgan fingerprint density at radius 1 is 1.33 bits per heavy atom. The van der Waals surface area contributed by atoms with E-state index >= 15 is 0 Å². The van der Waals surface area contributed by atoms with Crippen molar-refractivity contribution in [2.45, 2.75) is 26.8 Å². The van der Waals surface area contributed by atoms with Gasteiger partial charge in [0, 0.05) is 31.9 Å². The van der Waals surface area contributed by atoms with Gasteiger partial charge in [-0.3, -0.25) is 0 Å². The second kappa shape index (κ2) is 6.72. The molecule has 0 bridgehead atoms. The first-order valence-electron chi connectivity index (χ1n) is 7.14. The fraction of sp³-hybridized carbons (Fsp3) is 0.643. The summed E-state index contributed by atoms with van der Waals surface area (Å²) in [5.74, 6) is 1.31. The van der Waals surface area contributed by atoms with Crippen LogP contribution in [0, 0.1) is 11.8 Å². The number of nitrogens with one attached hydrogen (secondary N) is 1. The number of pyridine rings is 1. The SMILES string of the molecule is COc1ccc(CNS(=O)(=O)N2CC(C)CC(C)C2)cn1. The highest BCUT2D eigenvalue weighted by Gasteiger charge is 2.30. The molecule has 0 radical (unpaired) electrons. The summed E-state index contributed by atoms with van der Waals surface area (Å²) < 4.78 is 33.8. The van der Waals surface area contributed by atoms with Gasteiger partial charge >= 0.3 is 0 Å². The molecule has 2 heterocycles. The molecule has 2 rings (SSSR count). The zero-order chi connectivity index (χ0) is 15.5. The Morgan fingerprint density at radius 3 is 2.52 bits per heavy atom. The van der Waals surface area contributed by atoms with Crippen LogP contribution in [-0.2, 0) is 16.8 Å². The van der Waals surface area contributed by atoms with E-state index in [1.807, 2.05) is 0 Å². The second-order valence-electron chi connectivity index (χ2n) is 5.80. The Balaban J connectivity index is 1.97. The van der Waals surface area contributed by atoms with E-state index < -0.39 is 10.2 Å². The van der Waals surface area contributed by atoms with Crippen molar-refractivity contribution < 1.29 is 13.2 Å². The van der Waals surface area contributed by atoms with E-state index in [9.17, 15) is 8.42 Å².